The van der Waals surface area contributed by atoms with E-state index in [0.29, 0.717) is 33.3 Å². The summed E-state index contributed by atoms with van der Waals surface area (Å²) in [6.45, 7) is 2.57. The summed E-state index contributed by atoms with van der Waals surface area (Å²) in [5, 5.41) is 12.8. The monoisotopic (exact) mass is 495 g/mol. The van der Waals surface area contributed by atoms with Gasteiger partial charge in [-0.05, 0) is 42.3 Å². The Bertz CT molecular complexity index is 1120. The van der Waals surface area contributed by atoms with Crippen LogP contribution in [0.3, 0.4) is 0 Å². The summed E-state index contributed by atoms with van der Waals surface area (Å²) in [6.07, 6.45) is -0.976. The van der Waals surface area contributed by atoms with E-state index in [1.165, 1.54) is 4.90 Å². The van der Waals surface area contributed by atoms with Gasteiger partial charge in [-0.3, -0.25) is 0 Å². The summed E-state index contributed by atoms with van der Waals surface area (Å²) in [5.41, 5.74) is 1.80. The number of aryl methyl sites for hydroxylation is 1. The van der Waals surface area contributed by atoms with Crippen molar-refractivity contribution < 1.29 is 9.18 Å². The zero-order valence-electron chi connectivity index (χ0n) is 17.2. The normalized spacial score (nSPS) is 18.2. The smallest absolute Gasteiger partial charge is 0.318 e. The highest BCUT2D eigenvalue weighted by molar-refractivity contribution is 6.42. The molecule has 1 fully saturated rings. The molecule has 0 radical (unpaired) electrons. The molecule has 1 aromatic heterocycles. The van der Waals surface area contributed by atoms with Crippen LogP contribution < -0.4 is 5.32 Å². The van der Waals surface area contributed by atoms with Gasteiger partial charge in [-0.2, -0.15) is 0 Å². The summed E-state index contributed by atoms with van der Waals surface area (Å²) < 4.78 is 16.3. The van der Waals surface area contributed by atoms with Crippen LogP contribution in [0.2, 0.25) is 15.1 Å². The van der Waals surface area contributed by atoms with Gasteiger partial charge in [-0.15, -0.1) is 10.2 Å². The molecule has 10 heteroatoms. The Labute approximate surface area is 200 Å². The van der Waals surface area contributed by atoms with Crippen molar-refractivity contribution in [2.24, 2.45) is 0 Å². The Kier molecular flexibility index (Phi) is 6.88. The van der Waals surface area contributed by atoms with Crippen LogP contribution in [0.5, 0.6) is 0 Å². The average Bonchev–Trinajstić information content (AvgIpc) is 3.32. The molecule has 168 valence electrons. The zero-order valence-corrected chi connectivity index (χ0v) is 19.5. The standard InChI is InChI=1S/C22H21Cl3FN5O/c1-13-28-29-21(30(13)11-14-2-5-16(23)6-3-14)20-9-17(26)12-31(20)22(32)27-10-15-4-7-18(24)19(25)8-15/h2-8,17,20H,9-12H2,1H3,(H,27,32)/t17?,20-/m1/s1. The van der Waals surface area contributed by atoms with Gasteiger partial charge in [0.25, 0.3) is 0 Å². The van der Waals surface area contributed by atoms with Crippen LogP contribution in [0.15, 0.2) is 42.5 Å². The van der Waals surface area contributed by atoms with E-state index in [-0.39, 0.29) is 25.5 Å². The molecule has 2 aromatic carbocycles. The van der Waals surface area contributed by atoms with Crippen molar-refractivity contribution in [3.63, 3.8) is 0 Å². The molecule has 1 N–H and O–H groups in total. The van der Waals surface area contributed by atoms with Gasteiger partial charge in [-0.1, -0.05) is 53.0 Å². The molecule has 3 aromatic rings. The van der Waals surface area contributed by atoms with Crippen molar-refractivity contribution in [1.82, 2.24) is 25.0 Å². The maximum Gasteiger partial charge on any atom is 0.318 e. The number of carbonyl (C=O) groups is 1. The lowest BCUT2D eigenvalue weighted by Crippen LogP contribution is -2.40. The number of hydrogen-bond donors (Lipinski definition) is 1. The summed E-state index contributed by atoms with van der Waals surface area (Å²) in [5.74, 6) is 1.25. The molecule has 0 aliphatic carbocycles. The number of alkyl halides is 1. The molecule has 6 nitrogen and oxygen atoms in total. The van der Waals surface area contributed by atoms with Gasteiger partial charge in [-0.25, -0.2) is 9.18 Å². The number of carbonyl (C=O) groups excluding carboxylic acids is 1. The van der Waals surface area contributed by atoms with E-state index < -0.39 is 12.2 Å². The third-order valence-corrected chi connectivity index (χ3v) is 6.45. The Balaban J connectivity index is 1.51. The van der Waals surface area contributed by atoms with Crippen LogP contribution in [0.4, 0.5) is 9.18 Å². The molecule has 2 heterocycles. The van der Waals surface area contributed by atoms with Crippen molar-refractivity contribution in [2.45, 2.75) is 38.6 Å². The third kappa shape index (κ3) is 5.00. The Hall–Kier alpha value is -2.35. The van der Waals surface area contributed by atoms with Gasteiger partial charge in [0.05, 0.1) is 29.2 Å². The molecule has 2 atom stereocenters. The van der Waals surface area contributed by atoms with Crippen LogP contribution >= 0.6 is 34.8 Å². The molecule has 32 heavy (non-hydrogen) atoms. The van der Waals surface area contributed by atoms with Crippen molar-refractivity contribution in [1.29, 1.82) is 0 Å². The Morgan fingerprint density at radius 1 is 1.09 bits per heavy atom. The van der Waals surface area contributed by atoms with Crippen LogP contribution in [-0.4, -0.2) is 38.4 Å². The van der Waals surface area contributed by atoms with Crippen molar-refractivity contribution in [3.05, 3.63) is 80.3 Å². The first-order valence-corrected chi connectivity index (χ1v) is 11.2. The Morgan fingerprint density at radius 3 is 2.53 bits per heavy atom. The highest BCUT2D eigenvalue weighted by Crippen LogP contribution is 2.33. The first kappa shape index (κ1) is 22.8. The fraction of sp³-hybridized carbons (Fsp3) is 0.318. The first-order chi connectivity index (χ1) is 15.3. The van der Waals surface area contributed by atoms with Crippen LogP contribution in [0, 0.1) is 6.92 Å². The van der Waals surface area contributed by atoms with Gasteiger partial charge in [0.15, 0.2) is 5.82 Å². The summed E-state index contributed by atoms with van der Waals surface area (Å²) >= 11 is 18.0. The lowest BCUT2D eigenvalue weighted by molar-refractivity contribution is 0.187. The lowest BCUT2D eigenvalue weighted by atomic mass is 10.1. The third-order valence-electron chi connectivity index (χ3n) is 5.45. The molecule has 1 aliphatic heterocycles. The molecule has 2 amide bonds. The predicted molar refractivity (Wildman–Crippen MR) is 123 cm³/mol. The SMILES string of the molecule is Cc1nnc([C@H]2CC(F)CN2C(=O)NCc2ccc(Cl)c(Cl)c2)n1Cc1ccc(Cl)cc1. The largest absolute Gasteiger partial charge is 0.334 e. The second kappa shape index (κ2) is 9.65. The summed E-state index contributed by atoms with van der Waals surface area (Å²) in [7, 11) is 0. The van der Waals surface area contributed by atoms with Crippen molar-refractivity contribution >= 4 is 40.8 Å². The average molecular weight is 497 g/mol. The van der Waals surface area contributed by atoms with Gasteiger partial charge in [0, 0.05) is 18.0 Å². The molecule has 4 rings (SSSR count). The number of likely N-dealkylation sites (tertiary alicyclic amines) is 1. The van der Waals surface area contributed by atoms with Gasteiger partial charge >= 0.3 is 6.03 Å². The number of nitrogens with zero attached hydrogens (tertiary/aromatic N) is 4. The van der Waals surface area contributed by atoms with Gasteiger partial charge < -0.3 is 14.8 Å². The molecule has 0 spiro atoms. The van der Waals surface area contributed by atoms with E-state index in [1.807, 2.05) is 35.8 Å². The molecule has 0 bridgehead atoms. The Morgan fingerprint density at radius 2 is 1.81 bits per heavy atom. The first-order valence-electron chi connectivity index (χ1n) is 10.1. The lowest BCUT2D eigenvalue weighted by Gasteiger charge is -2.25. The number of halogens is 4. The number of rotatable bonds is 5. The maximum atomic E-state index is 14.4. The fourth-order valence-corrected chi connectivity index (χ4v) is 4.24. The second-order valence-electron chi connectivity index (χ2n) is 7.73. The fourth-order valence-electron chi connectivity index (χ4n) is 3.79. The topological polar surface area (TPSA) is 63.1 Å². The van der Waals surface area contributed by atoms with E-state index >= 15 is 0 Å². The van der Waals surface area contributed by atoms with E-state index in [0.717, 1.165) is 11.1 Å². The zero-order chi connectivity index (χ0) is 22.8. The van der Waals surface area contributed by atoms with Gasteiger partial charge in [0.1, 0.15) is 12.0 Å². The minimum atomic E-state index is -1.14. The number of aromatic nitrogens is 3. The number of amides is 2. The maximum absolute atomic E-state index is 14.4. The predicted octanol–water partition coefficient (Wildman–Crippen LogP) is 5.59. The number of hydrogen-bond acceptors (Lipinski definition) is 3. The number of benzene rings is 2. The molecule has 1 unspecified atom stereocenters. The molecule has 0 saturated carbocycles. The molecule has 1 aliphatic rings. The van der Waals surface area contributed by atoms with Crippen molar-refractivity contribution in [2.75, 3.05) is 6.54 Å². The minimum absolute atomic E-state index is 0.00920. The highest BCUT2D eigenvalue weighted by Gasteiger charge is 2.39. The van der Waals surface area contributed by atoms with E-state index in [1.54, 1.807) is 18.2 Å². The van der Waals surface area contributed by atoms with Crippen LogP contribution in [0.1, 0.15) is 35.2 Å². The van der Waals surface area contributed by atoms with E-state index in [2.05, 4.69) is 15.5 Å². The summed E-state index contributed by atoms with van der Waals surface area (Å²) in [6, 6.07) is 11.7. The molecular weight excluding hydrogens is 476 g/mol. The van der Waals surface area contributed by atoms with E-state index in [4.69, 9.17) is 34.8 Å². The second-order valence-corrected chi connectivity index (χ2v) is 8.98. The molecule has 1 saturated heterocycles. The van der Waals surface area contributed by atoms with Crippen molar-refractivity contribution in [3.8, 4) is 0 Å². The molecular formula is C22H21Cl3FN5O. The number of nitrogens with one attached hydrogen (secondary N) is 1. The van der Waals surface area contributed by atoms with Crippen LogP contribution in [-0.2, 0) is 13.1 Å². The summed E-state index contributed by atoms with van der Waals surface area (Å²) in [4.78, 5) is 14.4. The van der Waals surface area contributed by atoms with Crippen LogP contribution in [0.25, 0.3) is 0 Å². The minimum Gasteiger partial charge on any atom is -0.334 e. The quantitative estimate of drug-likeness (QED) is 0.501. The van der Waals surface area contributed by atoms with Gasteiger partial charge in [0.2, 0.25) is 0 Å². The van der Waals surface area contributed by atoms with E-state index in [9.17, 15) is 9.18 Å². The number of urea groups is 1. The highest BCUT2D eigenvalue weighted by atomic mass is 35.5.